The smallest absolute Gasteiger partial charge is 0.321 e. The quantitative estimate of drug-likeness (QED) is 0.514. The van der Waals surface area contributed by atoms with Gasteiger partial charge in [0, 0.05) is 11.8 Å². The molecule has 164 valence electrons. The Kier molecular flexibility index (Phi) is 6.27. The van der Waals surface area contributed by atoms with Gasteiger partial charge >= 0.3 is 6.01 Å². The van der Waals surface area contributed by atoms with Crippen molar-refractivity contribution in [3.63, 3.8) is 0 Å². The zero-order valence-corrected chi connectivity index (χ0v) is 17.9. The van der Waals surface area contributed by atoms with E-state index in [2.05, 4.69) is 19.4 Å². The molecule has 0 unspecified atom stereocenters. The van der Waals surface area contributed by atoms with Crippen molar-refractivity contribution in [3.05, 3.63) is 60.4 Å². The molecule has 0 bridgehead atoms. The van der Waals surface area contributed by atoms with Crippen LogP contribution in [-0.2, 0) is 20.0 Å². The summed E-state index contributed by atoms with van der Waals surface area (Å²) in [7, 11) is -5.35. The number of rotatable bonds is 8. The Bertz CT molecular complexity index is 1260. The van der Waals surface area contributed by atoms with E-state index < -0.39 is 25.9 Å². The summed E-state index contributed by atoms with van der Waals surface area (Å²) in [4.78, 5) is 7.48. The summed E-state index contributed by atoms with van der Waals surface area (Å²) >= 11 is 0. The molecule has 3 rings (SSSR count). The molecule has 0 fully saturated rings. The van der Waals surface area contributed by atoms with Crippen LogP contribution in [0.4, 0.5) is 15.9 Å². The summed E-state index contributed by atoms with van der Waals surface area (Å²) in [6.45, 7) is 0. The standard InChI is InChI=1S/C18H17FN4O6S2/c1-28-17-11-16(20-18(21-17)29-2)23-31(26,27)15-9-5-13(6-10-15)22-30(24,25)14-7-3-12(19)4-8-14/h3-11,22H,1-2H3,(H,20,21,23). The third-order valence-electron chi connectivity index (χ3n) is 3.85. The maximum absolute atomic E-state index is 13.0. The molecule has 10 nitrogen and oxygen atoms in total. The molecular formula is C18H17FN4O6S2. The Morgan fingerprint density at radius 1 is 0.774 bits per heavy atom. The zero-order valence-electron chi connectivity index (χ0n) is 16.2. The first-order chi connectivity index (χ1) is 14.6. The number of ether oxygens (including phenoxy) is 2. The topological polar surface area (TPSA) is 137 Å². The van der Waals surface area contributed by atoms with Crippen LogP contribution in [0.2, 0.25) is 0 Å². The van der Waals surface area contributed by atoms with E-state index in [-0.39, 0.29) is 33.2 Å². The van der Waals surface area contributed by atoms with Crippen molar-refractivity contribution >= 4 is 31.6 Å². The van der Waals surface area contributed by atoms with Crippen LogP contribution in [0.3, 0.4) is 0 Å². The van der Waals surface area contributed by atoms with Gasteiger partial charge in [-0.25, -0.2) is 21.2 Å². The normalized spacial score (nSPS) is 11.6. The van der Waals surface area contributed by atoms with Gasteiger partial charge < -0.3 is 9.47 Å². The maximum atomic E-state index is 13.0. The lowest BCUT2D eigenvalue weighted by molar-refractivity contribution is 0.353. The fourth-order valence-electron chi connectivity index (χ4n) is 2.38. The van der Waals surface area contributed by atoms with E-state index in [0.29, 0.717) is 0 Å². The minimum atomic E-state index is -4.05. The molecule has 0 aliphatic heterocycles. The van der Waals surface area contributed by atoms with Gasteiger partial charge in [-0.3, -0.25) is 9.44 Å². The molecule has 0 spiro atoms. The average molecular weight is 468 g/mol. The molecule has 0 atom stereocenters. The molecule has 31 heavy (non-hydrogen) atoms. The minimum Gasteiger partial charge on any atom is -0.481 e. The molecule has 0 radical (unpaired) electrons. The van der Waals surface area contributed by atoms with Gasteiger partial charge in [-0.1, -0.05) is 0 Å². The van der Waals surface area contributed by atoms with E-state index >= 15 is 0 Å². The van der Waals surface area contributed by atoms with E-state index in [0.717, 1.165) is 24.3 Å². The number of halogens is 1. The first-order valence-corrected chi connectivity index (χ1v) is 11.5. The predicted molar refractivity (Wildman–Crippen MR) is 110 cm³/mol. The van der Waals surface area contributed by atoms with Gasteiger partial charge in [0.05, 0.1) is 24.0 Å². The third-order valence-corrected chi connectivity index (χ3v) is 6.62. The molecule has 0 aliphatic rings. The summed E-state index contributed by atoms with van der Waals surface area (Å²) in [6.07, 6.45) is 0. The Labute approximate surface area is 178 Å². The van der Waals surface area contributed by atoms with E-state index in [1.807, 2.05) is 0 Å². The number of anilines is 2. The Balaban J connectivity index is 1.79. The maximum Gasteiger partial charge on any atom is 0.321 e. The van der Waals surface area contributed by atoms with Crippen LogP contribution in [0.5, 0.6) is 11.9 Å². The number of hydrogen-bond donors (Lipinski definition) is 2. The van der Waals surface area contributed by atoms with Crippen LogP contribution in [0, 0.1) is 5.82 Å². The van der Waals surface area contributed by atoms with Crippen LogP contribution in [-0.4, -0.2) is 41.0 Å². The molecule has 1 heterocycles. The van der Waals surface area contributed by atoms with E-state index in [1.165, 1.54) is 44.6 Å². The lowest BCUT2D eigenvalue weighted by Gasteiger charge is -2.11. The van der Waals surface area contributed by atoms with Crippen LogP contribution in [0.1, 0.15) is 0 Å². The highest BCUT2D eigenvalue weighted by Gasteiger charge is 2.18. The van der Waals surface area contributed by atoms with Crippen LogP contribution >= 0.6 is 0 Å². The number of benzene rings is 2. The minimum absolute atomic E-state index is 0.0789. The van der Waals surface area contributed by atoms with E-state index in [4.69, 9.17) is 9.47 Å². The monoisotopic (exact) mass is 468 g/mol. The highest BCUT2D eigenvalue weighted by molar-refractivity contribution is 7.93. The molecule has 0 aliphatic carbocycles. The van der Waals surface area contributed by atoms with Crippen LogP contribution in [0.25, 0.3) is 0 Å². The molecule has 1 aromatic heterocycles. The van der Waals surface area contributed by atoms with Crippen molar-refractivity contribution in [1.29, 1.82) is 0 Å². The molecule has 0 amide bonds. The summed E-state index contributed by atoms with van der Waals surface area (Å²) in [5.74, 6) is -0.556. The second-order valence-corrected chi connectivity index (χ2v) is 9.34. The van der Waals surface area contributed by atoms with Gasteiger partial charge in [-0.05, 0) is 48.5 Å². The van der Waals surface area contributed by atoms with Crippen LogP contribution in [0.15, 0.2) is 64.4 Å². The first-order valence-electron chi connectivity index (χ1n) is 8.51. The van der Waals surface area contributed by atoms with Gasteiger partial charge in [0.2, 0.25) is 5.88 Å². The average Bonchev–Trinajstić information content (AvgIpc) is 2.73. The molecule has 0 saturated carbocycles. The summed E-state index contributed by atoms with van der Waals surface area (Å²) in [5, 5.41) is 0. The SMILES string of the molecule is COc1cc(NS(=O)(=O)c2ccc(NS(=O)(=O)c3ccc(F)cc3)cc2)nc(OC)n1. The van der Waals surface area contributed by atoms with Crippen molar-refractivity contribution in [1.82, 2.24) is 9.97 Å². The van der Waals surface area contributed by atoms with Crippen molar-refractivity contribution in [2.45, 2.75) is 9.79 Å². The fourth-order valence-corrected chi connectivity index (χ4v) is 4.43. The number of methoxy groups -OCH3 is 2. The summed E-state index contributed by atoms with van der Waals surface area (Å²) < 4.78 is 77.4. The second-order valence-electron chi connectivity index (χ2n) is 5.97. The number of sulfonamides is 2. The zero-order chi connectivity index (χ0) is 22.6. The second kappa shape index (κ2) is 8.73. The highest BCUT2D eigenvalue weighted by atomic mass is 32.2. The number of aromatic nitrogens is 2. The van der Waals surface area contributed by atoms with Gasteiger partial charge in [0.25, 0.3) is 20.0 Å². The van der Waals surface area contributed by atoms with E-state index in [9.17, 15) is 21.2 Å². The third kappa shape index (κ3) is 5.38. The van der Waals surface area contributed by atoms with Crippen molar-refractivity contribution in [2.75, 3.05) is 23.7 Å². The number of hydrogen-bond acceptors (Lipinski definition) is 8. The molecular weight excluding hydrogens is 451 g/mol. The molecule has 3 aromatic rings. The first kappa shape index (κ1) is 22.2. The predicted octanol–water partition coefficient (Wildman–Crippen LogP) is 2.23. The highest BCUT2D eigenvalue weighted by Crippen LogP contribution is 2.22. The van der Waals surface area contributed by atoms with Crippen molar-refractivity contribution < 1.29 is 30.7 Å². The molecule has 2 N–H and O–H groups in total. The van der Waals surface area contributed by atoms with Crippen LogP contribution < -0.4 is 18.9 Å². The molecule has 0 saturated heterocycles. The lowest BCUT2D eigenvalue weighted by atomic mass is 10.3. The Morgan fingerprint density at radius 2 is 1.32 bits per heavy atom. The van der Waals surface area contributed by atoms with Crippen molar-refractivity contribution in [3.8, 4) is 11.9 Å². The van der Waals surface area contributed by atoms with E-state index in [1.54, 1.807) is 0 Å². The van der Waals surface area contributed by atoms with Gasteiger partial charge in [-0.15, -0.1) is 0 Å². The fraction of sp³-hybridized carbons (Fsp3) is 0.111. The summed E-state index contributed by atoms with van der Waals surface area (Å²) in [5.41, 5.74) is 0.119. The van der Waals surface area contributed by atoms with Gasteiger partial charge in [-0.2, -0.15) is 9.97 Å². The number of nitrogens with one attached hydrogen (secondary N) is 2. The Hall–Kier alpha value is -3.45. The largest absolute Gasteiger partial charge is 0.481 e. The molecule has 13 heteroatoms. The number of nitrogens with zero attached hydrogens (tertiary/aromatic N) is 2. The van der Waals surface area contributed by atoms with Gasteiger partial charge in [0.1, 0.15) is 5.82 Å². The van der Waals surface area contributed by atoms with Gasteiger partial charge in [0.15, 0.2) is 5.82 Å². The molecule has 2 aromatic carbocycles. The Morgan fingerprint density at radius 3 is 1.87 bits per heavy atom. The van der Waals surface area contributed by atoms with Crippen molar-refractivity contribution in [2.24, 2.45) is 0 Å². The lowest BCUT2D eigenvalue weighted by Crippen LogP contribution is -2.15. The summed E-state index contributed by atoms with van der Waals surface area (Å²) in [6, 6.07) is 10.4.